The number of benzene rings is 2. The molecule has 0 bridgehead atoms. The third-order valence-electron chi connectivity index (χ3n) is 5.93. The summed E-state index contributed by atoms with van der Waals surface area (Å²) in [5, 5.41) is 15.6. The van der Waals surface area contributed by atoms with E-state index in [9.17, 15) is 19.5 Å². The number of aliphatic hydroxyl groups excluding tert-OH is 1. The molecule has 0 aliphatic carbocycles. The monoisotopic (exact) mass is 521 g/mol. The summed E-state index contributed by atoms with van der Waals surface area (Å²) in [7, 11) is 0. The maximum Gasteiger partial charge on any atom is 0.408 e. The zero-order valence-electron chi connectivity index (χ0n) is 23.3. The Morgan fingerprint density at radius 2 is 1.66 bits per heavy atom. The van der Waals surface area contributed by atoms with Crippen LogP contribution < -0.4 is 10.6 Å². The van der Waals surface area contributed by atoms with Gasteiger partial charge in [-0.3, -0.25) is 9.59 Å². The van der Waals surface area contributed by atoms with E-state index < -0.39 is 42.2 Å². The molecule has 2 unspecified atom stereocenters. The first-order valence-corrected chi connectivity index (χ1v) is 12.6. The van der Waals surface area contributed by atoms with Crippen LogP contribution in [0.1, 0.15) is 62.9 Å². The Morgan fingerprint density at radius 3 is 2.18 bits per heavy atom. The van der Waals surface area contributed by atoms with Crippen LogP contribution in [-0.4, -0.2) is 52.7 Å². The first-order valence-electron chi connectivity index (χ1n) is 12.6. The van der Waals surface area contributed by atoms with Gasteiger partial charge in [0.15, 0.2) is 0 Å². The molecular formula is C30H39N3O5. The molecule has 38 heavy (non-hydrogen) atoms. The fourth-order valence-corrected chi connectivity index (χ4v) is 4.12. The molecule has 0 spiro atoms. The number of aryl methyl sites for hydroxylation is 2. The van der Waals surface area contributed by atoms with Crippen LogP contribution in [0.3, 0.4) is 0 Å². The van der Waals surface area contributed by atoms with Crippen LogP contribution in [0, 0.1) is 32.1 Å². The second kappa shape index (κ2) is 13.1. The second-order valence-electron chi connectivity index (χ2n) is 10.5. The number of anilines is 1. The van der Waals surface area contributed by atoms with Gasteiger partial charge in [-0.2, -0.15) is 0 Å². The van der Waals surface area contributed by atoms with Gasteiger partial charge >= 0.3 is 6.09 Å². The largest absolute Gasteiger partial charge is 0.444 e. The summed E-state index contributed by atoms with van der Waals surface area (Å²) in [4.78, 5) is 41.8. The van der Waals surface area contributed by atoms with Crippen molar-refractivity contribution in [3.05, 3.63) is 64.7 Å². The van der Waals surface area contributed by atoms with E-state index in [1.54, 1.807) is 58.9 Å². The zero-order chi connectivity index (χ0) is 28.6. The highest BCUT2D eigenvalue weighted by molar-refractivity contribution is 6.00. The topological polar surface area (TPSA) is 108 Å². The van der Waals surface area contributed by atoms with E-state index in [2.05, 4.69) is 16.6 Å². The highest BCUT2D eigenvalue weighted by Crippen LogP contribution is 2.29. The van der Waals surface area contributed by atoms with Crippen LogP contribution in [0.2, 0.25) is 0 Å². The maximum absolute atomic E-state index is 14.0. The van der Waals surface area contributed by atoms with Crippen molar-refractivity contribution in [2.45, 2.75) is 66.2 Å². The molecule has 0 saturated carbocycles. The minimum atomic E-state index is -1.18. The molecule has 2 aromatic rings. The van der Waals surface area contributed by atoms with Gasteiger partial charge in [-0.1, -0.05) is 56.2 Å². The zero-order valence-corrected chi connectivity index (χ0v) is 23.3. The fraction of sp³-hybridized carbons (Fsp3) is 0.433. The van der Waals surface area contributed by atoms with Gasteiger partial charge in [0.25, 0.3) is 5.91 Å². The lowest BCUT2D eigenvalue weighted by Gasteiger charge is -2.35. The fourth-order valence-electron chi connectivity index (χ4n) is 4.12. The minimum absolute atomic E-state index is 0.165. The Balaban J connectivity index is 2.60. The van der Waals surface area contributed by atoms with E-state index in [0.29, 0.717) is 16.8 Å². The molecule has 0 heterocycles. The van der Waals surface area contributed by atoms with Crippen LogP contribution in [0.15, 0.2) is 42.5 Å². The molecule has 0 aromatic heterocycles. The van der Waals surface area contributed by atoms with Crippen LogP contribution in [0.25, 0.3) is 0 Å². The molecule has 0 radical (unpaired) electrons. The second-order valence-corrected chi connectivity index (χ2v) is 10.5. The van der Waals surface area contributed by atoms with Gasteiger partial charge < -0.3 is 25.4 Å². The van der Waals surface area contributed by atoms with Crippen LogP contribution >= 0.6 is 0 Å². The van der Waals surface area contributed by atoms with Gasteiger partial charge in [-0.15, -0.1) is 6.42 Å². The molecular weight excluding hydrogens is 482 g/mol. The van der Waals surface area contributed by atoms with E-state index in [1.165, 1.54) is 4.90 Å². The summed E-state index contributed by atoms with van der Waals surface area (Å²) in [6.07, 6.45) is 5.01. The van der Waals surface area contributed by atoms with Gasteiger partial charge in [-0.25, -0.2) is 4.79 Å². The number of carbonyl (C=O) groups is 3. The highest BCUT2D eigenvalue weighted by atomic mass is 16.6. The number of nitrogens with one attached hydrogen (secondary N) is 2. The third-order valence-corrected chi connectivity index (χ3v) is 5.93. The summed E-state index contributed by atoms with van der Waals surface area (Å²) in [5.74, 6) is 1.21. The number of terminal acetylenes is 1. The molecule has 0 aliphatic rings. The molecule has 204 valence electrons. The first kappa shape index (κ1) is 30.4. The van der Waals surface area contributed by atoms with Crippen molar-refractivity contribution < 1.29 is 24.2 Å². The van der Waals surface area contributed by atoms with E-state index in [1.807, 2.05) is 32.0 Å². The Labute approximate surface area is 225 Å². The Morgan fingerprint density at radius 1 is 1.05 bits per heavy atom. The van der Waals surface area contributed by atoms with Gasteiger partial charge in [0, 0.05) is 17.8 Å². The molecule has 2 rings (SSSR count). The molecule has 2 aromatic carbocycles. The van der Waals surface area contributed by atoms with Crippen molar-refractivity contribution in [2.24, 2.45) is 5.92 Å². The van der Waals surface area contributed by atoms with Crippen molar-refractivity contribution in [3.8, 4) is 12.3 Å². The average Bonchev–Trinajstić information content (AvgIpc) is 2.83. The van der Waals surface area contributed by atoms with Gasteiger partial charge in [0.2, 0.25) is 5.91 Å². The van der Waals surface area contributed by atoms with Crippen molar-refractivity contribution in [2.75, 3.05) is 18.5 Å². The molecule has 0 saturated heterocycles. The number of para-hydroxylation sites is 1. The maximum atomic E-state index is 14.0. The molecule has 2 atom stereocenters. The summed E-state index contributed by atoms with van der Waals surface area (Å²) >= 11 is 0. The molecule has 0 aliphatic heterocycles. The highest BCUT2D eigenvalue weighted by Gasteiger charge is 2.38. The number of nitrogens with zero attached hydrogens (tertiary/aromatic N) is 1. The molecule has 3 amide bonds. The standard InChI is InChI=1S/C30H39N3O5/c1-9-22-15-10-11-16-23(22)26(27(35)31-25-20(4)13-12-14-21(25)5)33(17-18-34)28(36)24(19(2)3)32-29(37)38-30(6,7)8/h1,10-16,19,24,26,34H,17-18H2,2-8H3,(H,31,35)(H,32,37). The first-order chi connectivity index (χ1) is 17.8. The van der Waals surface area contributed by atoms with Crippen LogP contribution in [0.4, 0.5) is 10.5 Å². The molecule has 3 N–H and O–H groups in total. The molecule has 8 heteroatoms. The quantitative estimate of drug-likeness (QED) is 0.426. The van der Waals surface area contributed by atoms with E-state index in [-0.39, 0.29) is 12.5 Å². The van der Waals surface area contributed by atoms with Gasteiger partial charge in [0.1, 0.15) is 17.7 Å². The lowest BCUT2D eigenvalue weighted by atomic mass is 9.95. The molecule has 8 nitrogen and oxygen atoms in total. The Bertz CT molecular complexity index is 1170. The minimum Gasteiger partial charge on any atom is -0.444 e. The third kappa shape index (κ3) is 7.83. The lowest BCUT2D eigenvalue weighted by Crippen LogP contribution is -2.55. The number of hydrogen-bond acceptors (Lipinski definition) is 5. The number of carbonyl (C=O) groups excluding carboxylic acids is 3. The van der Waals surface area contributed by atoms with E-state index >= 15 is 0 Å². The number of amides is 3. The van der Waals surface area contributed by atoms with E-state index in [0.717, 1.165) is 11.1 Å². The molecule has 0 fully saturated rings. The average molecular weight is 522 g/mol. The summed E-state index contributed by atoms with van der Waals surface area (Å²) in [6, 6.07) is 10.3. The SMILES string of the molecule is C#Cc1ccccc1C(C(=O)Nc1c(C)cccc1C)N(CCO)C(=O)C(NC(=O)OC(C)(C)C)C(C)C. The van der Waals surface area contributed by atoms with Gasteiger partial charge in [0.05, 0.1) is 6.61 Å². The number of rotatable bonds is 9. The van der Waals surface area contributed by atoms with Crippen LogP contribution in [-0.2, 0) is 14.3 Å². The van der Waals surface area contributed by atoms with Crippen molar-refractivity contribution >= 4 is 23.6 Å². The summed E-state index contributed by atoms with van der Waals surface area (Å²) in [5.41, 5.74) is 2.44. The number of ether oxygens (including phenoxy) is 1. The lowest BCUT2D eigenvalue weighted by molar-refractivity contribution is -0.142. The number of alkyl carbamates (subject to hydrolysis) is 1. The van der Waals surface area contributed by atoms with Crippen molar-refractivity contribution in [1.29, 1.82) is 0 Å². The van der Waals surface area contributed by atoms with Crippen LogP contribution in [0.5, 0.6) is 0 Å². The smallest absolute Gasteiger partial charge is 0.408 e. The Hall–Kier alpha value is -3.83. The van der Waals surface area contributed by atoms with Crippen molar-refractivity contribution in [1.82, 2.24) is 10.2 Å². The number of hydrogen-bond donors (Lipinski definition) is 3. The Kier molecular flexibility index (Phi) is 10.5. The van der Waals surface area contributed by atoms with E-state index in [4.69, 9.17) is 11.2 Å². The number of aliphatic hydroxyl groups is 1. The summed E-state index contributed by atoms with van der Waals surface area (Å²) < 4.78 is 5.37. The predicted molar refractivity (Wildman–Crippen MR) is 148 cm³/mol. The summed E-state index contributed by atoms with van der Waals surface area (Å²) in [6.45, 7) is 11.9. The van der Waals surface area contributed by atoms with Crippen molar-refractivity contribution in [3.63, 3.8) is 0 Å². The normalized spacial score (nSPS) is 12.7. The predicted octanol–water partition coefficient (Wildman–Crippen LogP) is 4.33. The van der Waals surface area contributed by atoms with Gasteiger partial charge in [-0.05, 0) is 63.3 Å².